The molecule has 1 aromatic rings. The van der Waals surface area contributed by atoms with E-state index in [1.165, 1.54) is 0 Å². The molecule has 16 heavy (non-hydrogen) atoms. The number of nitrogens with zero attached hydrogens (tertiary/aromatic N) is 3. The van der Waals surface area contributed by atoms with E-state index in [1.54, 1.807) is 11.9 Å². The summed E-state index contributed by atoms with van der Waals surface area (Å²) in [7, 11) is 1.76. The van der Waals surface area contributed by atoms with Gasteiger partial charge in [-0.05, 0) is 7.05 Å². The second-order valence-corrected chi connectivity index (χ2v) is 3.84. The van der Waals surface area contributed by atoms with Crippen molar-refractivity contribution < 1.29 is 13.2 Å². The highest BCUT2D eigenvalue weighted by Gasteiger charge is 2.38. The molecular weight excluding hydrogens is 221 g/mol. The molecule has 0 spiro atoms. The van der Waals surface area contributed by atoms with Crippen LogP contribution < -0.4 is 5.73 Å². The summed E-state index contributed by atoms with van der Waals surface area (Å²) >= 11 is 0. The van der Waals surface area contributed by atoms with Crippen LogP contribution in [0.25, 0.3) is 0 Å². The van der Waals surface area contributed by atoms with E-state index in [1.807, 2.05) is 0 Å². The van der Waals surface area contributed by atoms with Gasteiger partial charge in [-0.1, -0.05) is 0 Å². The van der Waals surface area contributed by atoms with E-state index in [0.29, 0.717) is 18.7 Å². The third-order valence-electron chi connectivity index (χ3n) is 2.54. The fraction of sp³-hybridized carbons (Fsp3) is 0.556. The maximum Gasteiger partial charge on any atom is 0.433 e. The van der Waals surface area contributed by atoms with Crippen LogP contribution >= 0.6 is 0 Å². The summed E-state index contributed by atoms with van der Waals surface area (Å²) in [5.74, 6) is -0.310. The van der Waals surface area contributed by atoms with Crippen LogP contribution in [0.1, 0.15) is 17.0 Å². The van der Waals surface area contributed by atoms with Crippen molar-refractivity contribution in [2.45, 2.75) is 19.1 Å². The van der Waals surface area contributed by atoms with Gasteiger partial charge in [0.15, 0.2) is 5.69 Å². The molecule has 2 heterocycles. The number of anilines is 1. The van der Waals surface area contributed by atoms with Crippen molar-refractivity contribution in [3.05, 3.63) is 17.0 Å². The summed E-state index contributed by atoms with van der Waals surface area (Å²) in [5, 5.41) is 0. The number of hydrogen-bond acceptors (Lipinski definition) is 4. The van der Waals surface area contributed by atoms with Crippen molar-refractivity contribution in [2.75, 3.05) is 19.3 Å². The number of nitrogen functional groups attached to an aromatic ring is 1. The molecule has 2 rings (SSSR count). The molecule has 0 saturated carbocycles. The predicted octanol–water partition coefficient (Wildman–Crippen LogP) is 1.07. The van der Waals surface area contributed by atoms with Gasteiger partial charge < -0.3 is 10.6 Å². The fourth-order valence-electron chi connectivity index (χ4n) is 1.80. The van der Waals surface area contributed by atoms with Crippen LogP contribution in [-0.4, -0.2) is 28.5 Å². The van der Waals surface area contributed by atoms with Gasteiger partial charge in [0.05, 0.1) is 5.69 Å². The summed E-state index contributed by atoms with van der Waals surface area (Å²) in [6.07, 6.45) is -4.00. The van der Waals surface area contributed by atoms with Crippen molar-refractivity contribution in [2.24, 2.45) is 0 Å². The van der Waals surface area contributed by atoms with Gasteiger partial charge in [-0.15, -0.1) is 0 Å². The van der Waals surface area contributed by atoms with E-state index in [9.17, 15) is 13.2 Å². The lowest BCUT2D eigenvalue weighted by Gasteiger charge is -2.26. The van der Waals surface area contributed by atoms with Gasteiger partial charge in [0.25, 0.3) is 0 Å². The average molecular weight is 232 g/mol. The number of hydrogen-bond donors (Lipinski definition) is 1. The number of fused-ring (bicyclic) bond motifs is 1. The average Bonchev–Trinajstić information content (AvgIpc) is 2.16. The summed E-state index contributed by atoms with van der Waals surface area (Å²) in [4.78, 5) is 8.97. The summed E-state index contributed by atoms with van der Waals surface area (Å²) in [6, 6.07) is 0. The first kappa shape index (κ1) is 11.1. The smallest absolute Gasteiger partial charge is 0.368 e. The third kappa shape index (κ3) is 1.95. The molecule has 7 heteroatoms. The molecule has 0 radical (unpaired) electrons. The zero-order valence-corrected chi connectivity index (χ0v) is 8.67. The Morgan fingerprint density at radius 2 is 2.00 bits per heavy atom. The molecule has 1 aliphatic heterocycles. The second-order valence-electron chi connectivity index (χ2n) is 3.84. The topological polar surface area (TPSA) is 55.0 Å². The van der Waals surface area contributed by atoms with E-state index in [2.05, 4.69) is 9.97 Å². The first-order valence-electron chi connectivity index (χ1n) is 4.79. The molecule has 0 atom stereocenters. The van der Waals surface area contributed by atoms with Crippen LogP contribution in [0.5, 0.6) is 0 Å². The van der Waals surface area contributed by atoms with E-state index in [-0.39, 0.29) is 18.1 Å². The highest BCUT2D eigenvalue weighted by atomic mass is 19.4. The molecule has 0 saturated heterocycles. The van der Waals surface area contributed by atoms with E-state index in [4.69, 9.17) is 5.73 Å². The molecule has 0 bridgehead atoms. The maximum absolute atomic E-state index is 12.7. The van der Waals surface area contributed by atoms with Gasteiger partial charge in [-0.25, -0.2) is 9.97 Å². The first-order valence-corrected chi connectivity index (χ1v) is 4.79. The fourth-order valence-corrected chi connectivity index (χ4v) is 1.80. The molecule has 1 aromatic heterocycles. The van der Waals surface area contributed by atoms with Gasteiger partial charge in [0.1, 0.15) is 0 Å². The Morgan fingerprint density at radius 3 is 2.62 bits per heavy atom. The van der Waals surface area contributed by atoms with Crippen LogP contribution in [0.3, 0.4) is 0 Å². The van der Waals surface area contributed by atoms with Gasteiger partial charge in [-0.2, -0.15) is 13.2 Å². The van der Waals surface area contributed by atoms with Crippen molar-refractivity contribution in [3.63, 3.8) is 0 Å². The zero-order chi connectivity index (χ0) is 11.9. The summed E-state index contributed by atoms with van der Waals surface area (Å²) < 4.78 is 38.2. The van der Waals surface area contributed by atoms with Crippen LogP contribution in [0, 0.1) is 0 Å². The SMILES string of the molecule is CN1CCc2nc(N)nc(C(F)(F)F)c2C1. The second kappa shape index (κ2) is 3.58. The predicted molar refractivity (Wildman–Crippen MR) is 51.5 cm³/mol. The Morgan fingerprint density at radius 1 is 1.31 bits per heavy atom. The van der Waals surface area contributed by atoms with Crippen LogP contribution in [0.15, 0.2) is 0 Å². The lowest BCUT2D eigenvalue weighted by Crippen LogP contribution is -2.31. The Labute approximate surface area is 90.3 Å². The molecule has 0 aliphatic carbocycles. The first-order chi connectivity index (χ1) is 7.38. The Bertz CT molecular complexity index is 416. The van der Waals surface area contributed by atoms with Gasteiger partial charge in [-0.3, -0.25) is 0 Å². The normalized spacial score (nSPS) is 17.2. The molecule has 2 N–H and O–H groups in total. The number of likely N-dealkylation sites (N-methyl/N-ethyl adjacent to an activating group) is 1. The quantitative estimate of drug-likeness (QED) is 0.726. The molecule has 88 valence electrons. The minimum Gasteiger partial charge on any atom is -0.368 e. The highest BCUT2D eigenvalue weighted by Crippen LogP contribution is 2.33. The third-order valence-corrected chi connectivity index (χ3v) is 2.54. The number of alkyl halides is 3. The van der Waals surface area contributed by atoms with Crippen LogP contribution in [0.2, 0.25) is 0 Å². The number of nitrogens with two attached hydrogens (primary N) is 1. The number of halogens is 3. The lowest BCUT2D eigenvalue weighted by molar-refractivity contribution is -0.142. The maximum atomic E-state index is 12.7. The summed E-state index contributed by atoms with van der Waals surface area (Å²) in [6.45, 7) is 0.894. The zero-order valence-electron chi connectivity index (χ0n) is 8.67. The molecule has 0 aromatic carbocycles. The monoisotopic (exact) mass is 232 g/mol. The largest absolute Gasteiger partial charge is 0.433 e. The lowest BCUT2D eigenvalue weighted by atomic mass is 10.0. The molecule has 1 aliphatic rings. The molecule has 4 nitrogen and oxygen atoms in total. The number of rotatable bonds is 0. The van der Waals surface area contributed by atoms with Crippen LogP contribution in [0.4, 0.5) is 19.1 Å². The number of aromatic nitrogens is 2. The Kier molecular flexibility index (Phi) is 2.49. The minimum absolute atomic E-state index is 0.149. The molecular formula is C9H11F3N4. The molecule has 0 amide bonds. The van der Waals surface area contributed by atoms with Gasteiger partial charge in [0.2, 0.25) is 5.95 Å². The highest BCUT2D eigenvalue weighted by molar-refractivity contribution is 5.35. The molecule has 0 fully saturated rings. The van der Waals surface area contributed by atoms with Crippen LogP contribution in [-0.2, 0) is 19.1 Å². The Hall–Kier alpha value is -1.37. The van der Waals surface area contributed by atoms with Crippen molar-refractivity contribution in [1.29, 1.82) is 0 Å². The standard InChI is InChI=1S/C9H11F3N4/c1-16-3-2-6-5(4-16)7(9(10,11)12)15-8(13)14-6/h2-4H2,1H3,(H2,13,14,15). The van der Waals surface area contributed by atoms with Crippen molar-refractivity contribution >= 4 is 5.95 Å². The van der Waals surface area contributed by atoms with Crippen molar-refractivity contribution in [3.8, 4) is 0 Å². The van der Waals surface area contributed by atoms with E-state index < -0.39 is 11.9 Å². The van der Waals surface area contributed by atoms with Gasteiger partial charge in [0, 0.05) is 25.1 Å². The Balaban J connectivity index is 2.56. The summed E-state index contributed by atoms with van der Waals surface area (Å²) in [5.41, 5.74) is 4.94. The van der Waals surface area contributed by atoms with Crippen molar-refractivity contribution in [1.82, 2.24) is 14.9 Å². The van der Waals surface area contributed by atoms with E-state index in [0.717, 1.165) is 0 Å². The minimum atomic E-state index is -4.47. The van der Waals surface area contributed by atoms with Gasteiger partial charge >= 0.3 is 6.18 Å². The molecule has 0 unspecified atom stereocenters. The van der Waals surface area contributed by atoms with E-state index >= 15 is 0 Å².